The van der Waals surface area contributed by atoms with Crippen molar-refractivity contribution in [3.63, 3.8) is 0 Å². The van der Waals surface area contributed by atoms with Gasteiger partial charge in [-0.2, -0.15) is 14.0 Å². The number of nitrogens with zero attached hydrogens (tertiary/aromatic N) is 5. The monoisotopic (exact) mass is 630 g/mol. The van der Waals surface area contributed by atoms with E-state index < -0.39 is 33.3 Å². The average Bonchev–Trinajstić information content (AvgIpc) is 3.47. The SMILES string of the molecule is CC1(C#N)CC(NS(=O)C(C)(C)C)(c2ncc(-c3ccc4nc5n(c4c3)[C@@H]3C[C@H]5CC(=O)c4cccc(OC(F)F)c43)cn2)C1. The molecule has 4 aromatic rings. The van der Waals surface area contributed by atoms with Gasteiger partial charge in [0.1, 0.15) is 17.4 Å². The summed E-state index contributed by atoms with van der Waals surface area (Å²) in [5, 5.41) is 9.68. The van der Waals surface area contributed by atoms with Crippen LogP contribution >= 0.6 is 0 Å². The number of carbonyl (C=O) groups is 1. The van der Waals surface area contributed by atoms with Crippen molar-refractivity contribution in [2.24, 2.45) is 5.41 Å². The second-order valence-corrected chi connectivity index (χ2v) is 15.6. The molecule has 1 unspecified atom stereocenters. The number of benzene rings is 2. The number of ketones is 1. The van der Waals surface area contributed by atoms with Crippen molar-refractivity contribution in [3.05, 3.63) is 71.6 Å². The fraction of sp³-hybridized carbons (Fsp3) is 0.424. The number of halogens is 2. The van der Waals surface area contributed by atoms with E-state index >= 15 is 0 Å². The Morgan fingerprint density at radius 2 is 1.89 bits per heavy atom. The predicted molar refractivity (Wildman–Crippen MR) is 164 cm³/mol. The molecule has 1 fully saturated rings. The summed E-state index contributed by atoms with van der Waals surface area (Å²) in [5.74, 6) is 1.01. The maximum atomic E-state index is 13.4. The number of imidazole rings is 1. The molecule has 0 radical (unpaired) electrons. The third-order valence-corrected chi connectivity index (χ3v) is 10.8. The molecule has 1 N–H and O–H groups in total. The first kappa shape index (κ1) is 29.6. The van der Waals surface area contributed by atoms with Gasteiger partial charge in [0.05, 0.1) is 49.8 Å². The van der Waals surface area contributed by atoms with Crippen molar-refractivity contribution in [1.82, 2.24) is 24.2 Å². The van der Waals surface area contributed by atoms with Crippen molar-refractivity contribution in [3.8, 4) is 22.9 Å². The molecule has 0 saturated heterocycles. The van der Waals surface area contributed by atoms with Crippen LogP contribution in [0, 0.1) is 16.7 Å². The van der Waals surface area contributed by atoms with Gasteiger partial charge in [0.2, 0.25) is 0 Å². The Labute approximate surface area is 261 Å². The Morgan fingerprint density at radius 3 is 2.56 bits per heavy atom. The summed E-state index contributed by atoms with van der Waals surface area (Å²) in [4.78, 5) is 27.4. The number of ether oxygens (including phenoxy) is 1. The minimum Gasteiger partial charge on any atom is -0.434 e. The second kappa shape index (κ2) is 10.2. The van der Waals surface area contributed by atoms with E-state index in [1.807, 2.05) is 45.9 Å². The van der Waals surface area contributed by atoms with Crippen LogP contribution < -0.4 is 9.46 Å². The molecule has 2 aromatic carbocycles. The van der Waals surface area contributed by atoms with Crippen LogP contribution in [0.25, 0.3) is 22.2 Å². The van der Waals surface area contributed by atoms with Gasteiger partial charge in [-0.1, -0.05) is 18.2 Å². The van der Waals surface area contributed by atoms with Crippen LogP contribution in [0.1, 0.15) is 92.9 Å². The zero-order valence-electron chi connectivity index (χ0n) is 25.3. The number of fused-ring (bicyclic) bond motifs is 9. The van der Waals surface area contributed by atoms with Gasteiger partial charge in [-0.05, 0) is 70.7 Å². The molecule has 1 saturated carbocycles. The lowest BCUT2D eigenvalue weighted by atomic mass is 9.59. The van der Waals surface area contributed by atoms with Gasteiger partial charge in [-0.25, -0.2) is 23.9 Å². The van der Waals surface area contributed by atoms with Crippen molar-refractivity contribution in [2.45, 2.75) is 82.2 Å². The number of nitrogens with one attached hydrogen (secondary N) is 1. The van der Waals surface area contributed by atoms with Gasteiger partial charge < -0.3 is 9.30 Å². The van der Waals surface area contributed by atoms with E-state index in [1.165, 1.54) is 6.07 Å². The Morgan fingerprint density at radius 1 is 1.16 bits per heavy atom. The van der Waals surface area contributed by atoms with Gasteiger partial charge in [-0.3, -0.25) is 4.79 Å². The van der Waals surface area contributed by atoms with Crippen molar-refractivity contribution in [1.29, 1.82) is 5.26 Å². The van der Waals surface area contributed by atoms with Crippen molar-refractivity contribution in [2.75, 3.05) is 0 Å². The molecule has 12 heteroatoms. The molecular formula is C33H32F2N6O3S. The Hall–Kier alpha value is -4.08. The zero-order valence-corrected chi connectivity index (χ0v) is 26.1. The lowest BCUT2D eigenvalue weighted by molar-refractivity contribution is -0.0507. The number of hydrogen-bond donors (Lipinski definition) is 1. The fourth-order valence-electron chi connectivity index (χ4n) is 7.16. The summed E-state index contributed by atoms with van der Waals surface area (Å²) in [7, 11) is -1.39. The standard InChI is InChI=1S/C33H32F2N6O3S/c1-31(2,3)45(43)40-33(15-32(4,16-33)17-36)29-37-13-20(14-38-29)18-8-9-22-23(10-18)41-24-11-19(28(41)39-22)12-25(42)21-6-5-7-26(27(21)24)44-30(34)35/h5-10,13-14,19,24,30,40H,11-12,15-16H2,1-4H3/t19-,24+,32?,33?,45?/m0/s1. The highest BCUT2D eigenvalue weighted by molar-refractivity contribution is 7.84. The van der Waals surface area contributed by atoms with Crippen molar-refractivity contribution >= 4 is 27.8 Å². The largest absolute Gasteiger partial charge is 0.434 e. The first-order valence-corrected chi connectivity index (χ1v) is 16.0. The molecule has 3 atom stereocenters. The Kier molecular flexibility index (Phi) is 6.73. The fourth-order valence-corrected chi connectivity index (χ4v) is 8.06. The summed E-state index contributed by atoms with van der Waals surface area (Å²) in [6.07, 6.45) is 5.14. The number of nitriles is 1. The highest BCUT2D eigenvalue weighted by Crippen LogP contribution is 2.53. The van der Waals surface area contributed by atoms with E-state index in [4.69, 9.17) is 19.7 Å². The number of rotatable bonds is 6. The van der Waals surface area contributed by atoms with E-state index in [0.29, 0.717) is 36.2 Å². The minimum atomic E-state index is -3.02. The quantitative estimate of drug-likeness (QED) is 0.264. The molecular weight excluding hydrogens is 598 g/mol. The smallest absolute Gasteiger partial charge is 0.387 e. The van der Waals surface area contributed by atoms with Crippen molar-refractivity contribution < 1.29 is 22.5 Å². The van der Waals surface area contributed by atoms with Crippen LogP contribution in [0.4, 0.5) is 8.78 Å². The molecule has 1 aliphatic heterocycles. The van der Waals surface area contributed by atoms with E-state index in [9.17, 15) is 23.0 Å². The zero-order chi connectivity index (χ0) is 31.9. The minimum absolute atomic E-state index is 0.00904. The predicted octanol–water partition coefficient (Wildman–Crippen LogP) is 6.33. The maximum absolute atomic E-state index is 13.4. The van der Waals surface area contributed by atoms with Gasteiger partial charge in [-0.15, -0.1) is 0 Å². The summed E-state index contributed by atoms with van der Waals surface area (Å²) >= 11 is 0. The molecule has 3 aliphatic rings. The summed E-state index contributed by atoms with van der Waals surface area (Å²) in [5.41, 5.74) is 2.67. The van der Waals surface area contributed by atoms with Crippen LogP contribution in [0.5, 0.6) is 5.75 Å². The Bertz CT molecular complexity index is 1920. The lowest BCUT2D eigenvalue weighted by Crippen LogP contribution is -2.59. The number of alkyl halides is 2. The summed E-state index contributed by atoms with van der Waals surface area (Å²) < 4.78 is 49.5. The number of carbonyl (C=O) groups excluding carboxylic acids is 1. The number of aromatic nitrogens is 4. The molecule has 9 nitrogen and oxygen atoms in total. The molecule has 2 aliphatic carbocycles. The first-order valence-electron chi connectivity index (χ1n) is 14.9. The van der Waals surface area contributed by atoms with Crippen LogP contribution in [-0.2, 0) is 16.5 Å². The molecule has 0 amide bonds. The van der Waals surface area contributed by atoms with Gasteiger partial charge >= 0.3 is 6.61 Å². The highest BCUT2D eigenvalue weighted by Gasteiger charge is 2.56. The third-order valence-electron chi connectivity index (χ3n) is 9.16. The molecule has 45 heavy (non-hydrogen) atoms. The normalized spacial score (nSPS) is 26.1. The van der Waals surface area contributed by atoms with Crippen LogP contribution in [0.3, 0.4) is 0 Å². The molecule has 2 aromatic heterocycles. The third kappa shape index (κ3) is 4.84. The highest BCUT2D eigenvalue weighted by atomic mass is 32.2. The van der Waals surface area contributed by atoms with E-state index in [0.717, 1.165) is 28.0 Å². The summed E-state index contributed by atoms with van der Waals surface area (Å²) in [6, 6.07) is 12.5. The molecule has 232 valence electrons. The molecule has 7 rings (SSSR count). The van der Waals surface area contributed by atoms with Gasteiger partial charge in [0.15, 0.2) is 5.78 Å². The number of hydrogen-bond acceptors (Lipinski definition) is 7. The second-order valence-electron chi connectivity index (χ2n) is 13.6. The maximum Gasteiger partial charge on any atom is 0.387 e. The van der Waals surface area contributed by atoms with Crippen LogP contribution in [0.15, 0.2) is 48.8 Å². The van der Waals surface area contributed by atoms with E-state index in [1.54, 1.807) is 24.5 Å². The van der Waals surface area contributed by atoms with Crippen LogP contribution in [-0.4, -0.2) is 40.9 Å². The first-order chi connectivity index (χ1) is 21.3. The van der Waals surface area contributed by atoms with Gasteiger partial charge in [0, 0.05) is 41.4 Å². The average molecular weight is 631 g/mol. The molecule has 2 bridgehead atoms. The lowest BCUT2D eigenvalue weighted by Gasteiger charge is -2.50. The van der Waals surface area contributed by atoms with Gasteiger partial charge in [0.25, 0.3) is 0 Å². The topological polar surface area (TPSA) is 123 Å². The molecule has 0 spiro atoms. The summed E-state index contributed by atoms with van der Waals surface area (Å²) in [6.45, 7) is 4.53. The van der Waals surface area contributed by atoms with Crippen LogP contribution in [0.2, 0.25) is 0 Å². The Balaban J connectivity index is 1.26. The molecule has 3 heterocycles. The number of Topliss-reactive ketones (excluding diaryl/α,β-unsaturated/α-hetero) is 1. The van der Waals surface area contributed by atoms with E-state index in [-0.39, 0.29) is 29.9 Å². The van der Waals surface area contributed by atoms with E-state index in [2.05, 4.69) is 15.4 Å².